The van der Waals surface area contributed by atoms with Crippen LogP contribution in [0.1, 0.15) is 6.92 Å². The van der Waals surface area contributed by atoms with Crippen LogP contribution in [0.3, 0.4) is 0 Å². The average Bonchev–Trinajstić information content (AvgIpc) is 2.69. The number of rotatable bonds is 3. The van der Waals surface area contributed by atoms with Crippen molar-refractivity contribution in [3.05, 3.63) is 22.4 Å². The quantitative estimate of drug-likeness (QED) is 0.553. The van der Waals surface area contributed by atoms with Gasteiger partial charge in [-0.1, -0.05) is 5.10 Å². The van der Waals surface area contributed by atoms with Crippen LogP contribution in [-0.2, 0) is 11.4 Å². The van der Waals surface area contributed by atoms with Gasteiger partial charge in [0.05, 0.1) is 25.5 Å². The second-order valence-corrected chi connectivity index (χ2v) is 3.82. The van der Waals surface area contributed by atoms with E-state index in [0.29, 0.717) is 19.9 Å². The zero-order valence-electron chi connectivity index (χ0n) is 9.07. The summed E-state index contributed by atoms with van der Waals surface area (Å²) in [6.07, 6.45) is 1.45. The lowest BCUT2D eigenvalue weighted by Crippen LogP contribution is -2.44. The van der Waals surface area contributed by atoms with E-state index in [1.54, 1.807) is 0 Å². The molecule has 0 radical (unpaired) electrons. The van der Waals surface area contributed by atoms with Crippen molar-refractivity contribution in [3.8, 4) is 0 Å². The largest absolute Gasteiger partial charge is 0.379 e. The van der Waals surface area contributed by atoms with Crippen molar-refractivity contribution in [2.45, 2.75) is 19.6 Å². The first-order valence-corrected chi connectivity index (χ1v) is 5.16. The maximum absolute atomic E-state index is 10.7. The van der Waals surface area contributed by atoms with Crippen molar-refractivity contribution in [2.24, 2.45) is 0 Å². The molecule has 1 fully saturated rings. The zero-order chi connectivity index (χ0) is 11.5. The van der Waals surface area contributed by atoms with E-state index in [9.17, 15) is 10.1 Å². The lowest BCUT2D eigenvalue weighted by molar-refractivity contribution is -0.393. The average molecular weight is 226 g/mol. The summed E-state index contributed by atoms with van der Waals surface area (Å²) >= 11 is 0. The van der Waals surface area contributed by atoms with Gasteiger partial charge in [0.25, 0.3) is 0 Å². The fourth-order valence-electron chi connectivity index (χ4n) is 1.73. The van der Waals surface area contributed by atoms with Crippen molar-refractivity contribution < 1.29 is 9.66 Å². The van der Waals surface area contributed by atoms with E-state index < -0.39 is 4.92 Å². The molecule has 0 amide bonds. The van der Waals surface area contributed by atoms with Gasteiger partial charge in [-0.25, -0.2) is 0 Å². The molecule has 1 aromatic heterocycles. The van der Waals surface area contributed by atoms with E-state index in [1.165, 1.54) is 16.9 Å². The number of ether oxygens (including phenoxy) is 1. The first kappa shape index (κ1) is 11.0. The maximum Gasteiger partial charge on any atom is 0.346 e. The van der Waals surface area contributed by atoms with E-state index in [0.717, 1.165) is 6.54 Å². The fraction of sp³-hybridized carbons (Fsp3) is 0.667. The minimum atomic E-state index is -0.419. The first-order chi connectivity index (χ1) is 7.68. The summed E-state index contributed by atoms with van der Waals surface area (Å²) in [5.41, 5.74) is 0. The van der Waals surface area contributed by atoms with Gasteiger partial charge in [-0.15, -0.1) is 4.68 Å². The Morgan fingerprint density at radius 3 is 3.25 bits per heavy atom. The summed E-state index contributed by atoms with van der Waals surface area (Å²) in [5, 5.41) is 14.7. The van der Waals surface area contributed by atoms with E-state index in [4.69, 9.17) is 4.74 Å². The highest BCUT2D eigenvalue weighted by Crippen LogP contribution is 2.13. The number of morpholine rings is 1. The number of nitrogens with zero attached hydrogens (tertiary/aromatic N) is 4. The normalized spacial score (nSPS) is 22.2. The molecule has 7 nitrogen and oxygen atoms in total. The Kier molecular flexibility index (Phi) is 3.16. The molecule has 7 heteroatoms. The Labute approximate surface area is 92.7 Å². The number of hydrogen-bond acceptors (Lipinski definition) is 5. The topological polar surface area (TPSA) is 73.4 Å². The Bertz CT molecular complexity index is 379. The van der Waals surface area contributed by atoms with Gasteiger partial charge < -0.3 is 14.9 Å². The molecule has 1 unspecified atom stereocenters. The molecule has 2 rings (SSSR count). The van der Waals surface area contributed by atoms with Gasteiger partial charge >= 0.3 is 5.82 Å². The third kappa shape index (κ3) is 2.20. The van der Waals surface area contributed by atoms with Crippen LogP contribution in [-0.4, -0.2) is 45.4 Å². The molecule has 16 heavy (non-hydrogen) atoms. The van der Waals surface area contributed by atoms with E-state index in [2.05, 4.69) is 10.00 Å². The molecular weight excluding hydrogens is 212 g/mol. The van der Waals surface area contributed by atoms with Crippen molar-refractivity contribution in [1.82, 2.24) is 14.7 Å². The molecule has 1 aromatic rings. The fourth-order valence-corrected chi connectivity index (χ4v) is 1.73. The molecule has 0 aliphatic carbocycles. The van der Waals surface area contributed by atoms with Crippen LogP contribution in [0.15, 0.2) is 12.3 Å². The number of hydrogen-bond donors (Lipinski definition) is 0. The maximum atomic E-state index is 10.7. The van der Waals surface area contributed by atoms with Gasteiger partial charge in [0.1, 0.15) is 0 Å². The monoisotopic (exact) mass is 226 g/mol. The molecule has 1 aliphatic heterocycles. The Hall–Kier alpha value is -1.47. The van der Waals surface area contributed by atoms with Gasteiger partial charge in [-0.3, -0.25) is 4.90 Å². The van der Waals surface area contributed by atoms with Crippen LogP contribution in [0.25, 0.3) is 0 Å². The predicted octanol–water partition coefficient (Wildman–Crippen LogP) is 0.469. The number of nitro groups is 1. The molecule has 0 bridgehead atoms. The molecule has 1 atom stereocenters. The highest BCUT2D eigenvalue weighted by Gasteiger charge is 2.23. The minimum Gasteiger partial charge on any atom is -0.379 e. The highest BCUT2D eigenvalue weighted by atomic mass is 16.6. The molecule has 88 valence electrons. The molecule has 0 spiro atoms. The highest BCUT2D eigenvalue weighted by molar-refractivity contribution is 5.15. The van der Waals surface area contributed by atoms with Crippen LogP contribution in [0.2, 0.25) is 0 Å². The smallest absolute Gasteiger partial charge is 0.346 e. The summed E-state index contributed by atoms with van der Waals surface area (Å²) < 4.78 is 6.71. The van der Waals surface area contributed by atoms with Gasteiger partial charge in [-0.05, 0) is 11.8 Å². The van der Waals surface area contributed by atoms with Crippen LogP contribution in [0.5, 0.6) is 0 Å². The Morgan fingerprint density at radius 2 is 2.56 bits per heavy atom. The molecule has 1 saturated heterocycles. The summed E-state index contributed by atoms with van der Waals surface area (Å²) in [6, 6.07) is 1.67. The van der Waals surface area contributed by atoms with Crippen LogP contribution < -0.4 is 0 Å². The van der Waals surface area contributed by atoms with Crippen molar-refractivity contribution >= 4 is 5.82 Å². The van der Waals surface area contributed by atoms with Crippen LogP contribution in [0, 0.1) is 10.1 Å². The second kappa shape index (κ2) is 4.58. The Morgan fingerprint density at radius 1 is 1.75 bits per heavy atom. The minimum absolute atomic E-state index is 0.0266. The standard InChI is InChI=1S/C9H14N4O3/c1-8-6-16-5-4-11(8)7-12-9(13(14)15)2-3-10-12/h2-3,8H,4-7H2,1H3. The van der Waals surface area contributed by atoms with Gasteiger partial charge in [0, 0.05) is 12.6 Å². The summed E-state index contributed by atoms with van der Waals surface area (Å²) in [6.45, 7) is 4.58. The second-order valence-electron chi connectivity index (χ2n) is 3.82. The molecule has 0 saturated carbocycles. The van der Waals surface area contributed by atoms with E-state index in [1.807, 2.05) is 6.92 Å². The van der Waals surface area contributed by atoms with Gasteiger partial charge in [0.15, 0.2) is 6.67 Å². The summed E-state index contributed by atoms with van der Waals surface area (Å²) in [7, 11) is 0. The summed E-state index contributed by atoms with van der Waals surface area (Å²) in [4.78, 5) is 12.4. The van der Waals surface area contributed by atoms with E-state index >= 15 is 0 Å². The first-order valence-electron chi connectivity index (χ1n) is 5.16. The predicted molar refractivity (Wildman–Crippen MR) is 55.9 cm³/mol. The third-order valence-corrected chi connectivity index (χ3v) is 2.70. The zero-order valence-corrected chi connectivity index (χ0v) is 9.07. The van der Waals surface area contributed by atoms with Crippen molar-refractivity contribution in [1.29, 1.82) is 0 Å². The van der Waals surface area contributed by atoms with Gasteiger partial charge in [-0.2, -0.15) is 0 Å². The van der Waals surface area contributed by atoms with Crippen LogP contribution in [0.4, 0.5) is 5.82 Å². The third-order valence-electron chi connectivity index (χ3n) is 2.70. The molecular formula is C9H14N4O3. The SMILES string of the molecule is CC1COCCN1Cn1nccc1[N+](=O)[O-]. The molecule has 2 heterocycles. The van der Waals surface area contributed by atoms with Gasteiger partial charge in [0.2, 0.25) is 0 Å². The lowest BCUT2D eigenvalue weighted by Gasteiger charge is -2.31. The lowest BCUT2D eigenvalue weighted by atomic mass is 10.3. The Balaban J connectivity index is 2.07. The van der Waals surface area contributed by atoms with Crippen LogP contribution >= 0.6 is 0 Å². The van der Waals surface area contributed by atoms with E-state index in [-0.39, 0.29) is 11.9 Å². The molecule has 1 aliphatic rings. The van der Waals surface area contributed by atoms with Crippen molar-refractivity contribution in [2.75, 3.05) is 19.8 Å². The molecule has 0 N–H and O–H groups in total. The number of aromatic nitrogens is 2. The summed E-state index contributed by atoms with van der Waals surface area (Å²) in [5.74, 6) is 0.0266. The molecule has 0 aromatic carbocycles. The van der Waals surface area contributed by atoms with Crippen molar-refractivity contribution in [3.63, 3.8) is 0 Å².